The van der Waals surface area contributed by atoms with E-state index in [1.807, 2.05) is 6.07 Å². The van der Waals surface area contributed by atoms with Gasteiger partial charge in [-0.15, -0.1) is 0 Å². The maximum absolute atomic E-state index is 13.4. The molecule has 0 amide bonds. The number of rotatable bonds is 2. The van der Waals surface area contributed by atoms with Gasteiger partial charge < -0.3 is 10.8 Å². The molecule has 1 aromatic rings. The summed E-state index contributed by atoms with van der Waals surface area (Å²) in [5, 5.41) is 10.5. The quantitative estimate of drug-likeness (QED) is 0.882. The van der Waals surface area contributed by atoms with Gasteiger partial charge in [-0.3, -0.25) is 0 Å². The van der Waals surface area contributed by atoms with Crippen molar-refractivity contribution in [2.45, 2.75) is 43.7 Å². The molecule has 1 saturated carbocycles. The summed E-state index contributed by atoms with van der Waals surface area (Å²) in [5.74, 6) is -0.279. The number of hydrogen-bond donors (Lipinski definition) is 2. The van der Waals surface area contributed by atoms with Gasteiger partial charge in [-0.1, -0.05) is 12.1 Å². The third-order valence-electron chi connectivity index (χ3n) is 3.51. The normalized spacial score (nSPS) is 29.3. The van der Waals surface area contributed by atoms with Gasteiger partial charge in [0, 0.05) is 12.5 Å². The van der Waals surface area contributed by atoms with Crippen molar-refractivity contribution in [1.29, 1.82) is 0 Å². The van der Waals surface area contributed by atoms with Gasteiger partial charge in [0.25, 0.3) is 0 Å². The lowest BCUT2D eigenvalue weighted by atomic mass is 9.79. The van der Waals surface area contributed by atoms with E-state index in [0.29, 0.717) is 23.7 Å². The first-order valence-electron chi connectivity index (χ1n) is 5.91. The van der Waals surface area contributed by atoms with Crippen molar-refractivity contribution in [2.75, 3.05) is 0 Å². The minimum absolute atomic E-state index is 0.200. The van der Waals surface area contributed by atoms with E-state index in [-0.39, 0.29) is 11.9 Å². The zero-order valence-corrected chi connectivity index (χ0v) is 11.2. The Bertz CT molecular complexity index is 402. The molecule has 4 heteroatoms. The van der Waals surface area contributed by atoms with E-state index in [1.54, 1.807) is 6.07 Å². The van der Waals surface area contributed by atoms with Crippen LogP contribution >= 0.6 is 15.9 Å². The zero-order chi connectivity index (χ0) is 12.5. The van der Waals surface area contributed by atoms with Crippen LogP contribution in [-0.2, 0) is 6.42 Å². The number of benzene rings is 1. The molecular weight excluding hydrogens is 285 g/mol. The molecule has 0 unspecified atom stereocenters. The maximum atomic E-state index is 13.4. The summed E-state index contributed by atoms with van der Waals surface area (Å²) < 4.78 is 13.8. The molecule has 0 spiro atoms. The average molecular weight is 302 g/mol. The smallest absolute Gasteiger partial charge is 0.137 e. The van der Waals surface area contributed by atoms with E-state index in [4.69, 9.17) is 5.73 Å². The largest absolute Gasteiger partial charge is 0.390 e. The van der Waals surface area contributed by atoms with Crippen LogP contribution < -0.4 is 5.73 Å². The molecule has 2 nitrogen and oxygen atoms in total. The van der Waals surface area contributed by atoms with Gasteiger partial charge in [-0.2, -0.15) is 0 Å². The summed E-state index contributed by atoms with van der Waals surface area (Å²) in [6, 6.07) is 5.13. The van der Waals surface area contributed by atoms with Gasteiger partial charge in [0.2, 0.25) is 0 Å². The molecular formula is C13H17BrFNO. The highest BCUT2D eigenvalue weighted by Crippen LogP contribution is 2.33. The standard InChI is InChI=1S/C13H17BrFNO/c14-12-9(2-1-3-11(12)15)8-13(17)6-4-10(16)5-7-13/h1-3,10,17H,4-8,16H2. The summed E-state index contributed by atoms with van der Waals surface area (Å²) in [6.45, 7) is 0. The Kier molecular flexibility index (Phi) is 3.85. The van der Waals surface area contributed by atoms with Crippen molar-refractivity contribution in [3.8, 4) is 0 Å². The molecule has 1 aromatic carbocycles. The van der Waals surface area contributed by atoms with Crippen molar-refractivity contribution < 1.29 is 9.50 Å². The van der Waals surface area contributed by atoms with Crippen LogP contribution in [0.3, 0.4) is 0 Å². The molecule has 1 fully saturated rings. The van der Waals surface area contributed by atoms with E-state index in [9.17, 15) is 9.50 Å². The first kappa shape index (κ1) is 13.0. The monoisotopic (exact) mass is 301 g/mol. The van der Waals surface area contributed by atoms with Crippen molar-refractivity contribution in [2.24, 2.45) is 5.73 Å². The van der Waals surface area contributed by atoms with Gasteiger partial charge in [-0.25, -0.2) is 4.39 Å². The van der Waals surface area contributed by atoms with Crippen molar-refractivity contribution >= 4 is 15.9 Å². The Balaban J connectivity index is 2.12. The summed E-state index contributed by atoms with van der Waals surface area (Å²) in [4.78, 5) is 0. The van der Waals surface area contributed by atoms with Crippen LogP contribution in [0.25, 0.3) is 0 Å². The SMILES string of the molecule is NC1CCC(O)(Cc2cccc(F)c2Br)CC1. The topological polar surface area (TPSA) is 46.2 Å². The molecule has 0 heterocycles. The van der Waals surface area contributed by atoms with E-state index < -0.39 is 5.60 Å². The Morgan fingerprint density at radius 1 is 1.41 bits per heavy atom. The molecule has 0 radical (unpaired) electrons. The summed E-state index contributed by atoms with van der Waals surface area (Å²) in [7, 11) is 0. The van der Waals surface area contributed by atoms with Gasteiger partial charge in [0.05, 0.1) is 10.1 Å². The maximum Gasteiger partial charge on any atom is 0.137 e. The van der Waals surface area contributed by atoms with Crippen molar-refractivity contribution in [1.82, 2.24) is 0 Å². The predicted octanol–water partition coefficient (Wildman–Crippen LogP) is 2.76. The highest BCUT2D eigenvalue weighted by Gasteiger charge is 2.32. The number of hydrogen-bond acceptors (Lipinski definition) is 2. The van der Waals surface area contributed by atoms with Gasteiger partial charge in [0.15, 0.2) is 0 Å². The van der Waals surface area contributed by atoms with E-state index in [1.165, 1.54) is 6.07 Å². The third kappa shape index (κ3) is 3.06. The first-order chi connectivity index (χ1) is 8.00. The van der Waals surface area contributed by atoms with Crippen LogP contribution in [0.15, 0.2) is 22.7 Å². The highest BCUT2D eigenvalue weighted by atomic mass is 79.9. The molecule has 94 valence electrons. The fourth-order valence-corrected chi connectivity index (χ4v) is 2.80. The summed E-state index contributed by atoms with van der Waals surface area (Å²) in [5.41, 5.74) is 5.92. The van der Waals surface area contributed by atoms with Crippen LogP contribution in [0.2, 0.25) is 0 Å². The summed E-state index contributed by atoms with van der Waals surface area (Å²) >= 11 is 3.23. The van der Waals surface area contributed by atoms with Gasteiger partial charge >= 0.3 is 0 Å². The molecule has 0 aromatic heterocycles. The number of nitrogens with two attached hydrogens (primary N) is 1. The molecule has 0 bridgehead atoms. The Hall–Kier alpha value is -0.450. The second-order valence-electron chi connectivity index (χ2n) is 4.95. The lowest BCUT2D eigenvalue weighted by molar-refractivity contribution is 0.0000303. The average Bonchev–Trinajstić information content (AvgIpc) is 2.30. The second kappa shape index (κ2) is 5.04. The molecule has 17 heavy (non-hydrogen) atoms. The Morgan fingerprint density at radius 3 is 2.71 bits per heavy atom. The van der Waals surface area contributed by atoms with Crippen LogP contribution in [0.1, 0.15) is 31.2 Å². The van der Waals surface area contributed by atoms with E-state index in [0.717, 1.165) is 18.4 Å². The third-order valence-corrected chi connectivity index (χ3v) is 4.40. The molecule has 0 saturated heterocycles. The van der Waals surface area contributed by atoms with Gasteiger partial charge in [0.1, 0.15) is 5.82 Å². The molecule has 0 atom stereocenters. The second-order valence-corrected chi connectivity index (χ2v) is 5.74. The lowest BCUT2D eigenvalue weighted by Gasteiger charge is -2.35. The fourth-order valence-electron chi connectivity index (χ4n) is 2.39. The number of halogens is 2. The van der Waals surface area contributed by atoms with Crippen LogP contribution in [0.4, 0.5) is 4.39 Å². The molecule has 0 aliphatic heterocycles. The lowest BCUT2D eigenvalue weighted by Crippen LogP contribution is -2.40. The van der Waals surface area contributed by atoms with Gasteiger partial charge in [-0.05, 0) is 53.2 Å². The van der Waals surface area contributed by atoms with Crippen LogP contribution in [0, 0.1) is 5.82 Å². The molecule has 2 rings (SSSR count). The fraction of sp³-hybridized carbons (Fsp3) is 0.538. The minimum atomic E-state index is -0.730. The molecule has 1 aliphatic carbocycles. The predicted molar refractivity (Wildman–Crippen MR) is 69.2 cm³/mol. The number of aliphatic hydroxyl groups is 1. The summed E-state index contributed by atoms with van der Waals surface area (Å²) in [6.07, 6.45) is 3.54. The van der Waals surface area contributed by atoms with E-state index in [2.05, 4.69) is 15.9 Å². The highest BCUT2D eigenvalue weighted by molar-refractivity contribution is 9.10. The zero-order valence-electron chi connectivity index (χ0n) is 9.63. The Morgan fingerprint density at radius 2 is 2.06 bits per heavy atom. The van der Waals surface area contributed by atoms with Crippen molar-refractivity contribution in [3.63, 3.8) is 0 Å². The minimum Gasteiger partial charge on any atom is -0.390 e. The van der Waals surface area contributed by atoms with Crippen molar-refractivity contribution in [3.05, 3.63) is 34.1 Å². The molecule has 1 aliphatic rings. The Labute approximate surface area is 109 Å². The first-order valence-corrected chi connectivity index (χ1v) is 6.70. The van der Waals surface area contributed by atoms with Crippen LogP contribution in [-0.4, -0.2) is 16.7 Å². The van der Waals surface area contributed by atoms with Crippen LogP contribution in [0.5, 0.6) is 0 Å². The molecule has 3 N–H and O–H groups in total. The van der Waals surface area contributed by atoms with E-state index >= 15 is 0 Å².